The first-order valence-corrected chi connectivity index (χ1v) is 17.8. The minimum atomic E-state index is -0.250. The van der Waals surface area contributed by atoms with Crippen molar-refractivity contribution in [3.05, 3.63) is 53.1 Å². The molecule has 1 aliphatic carbocycles. The van der Waals surface area contributed by atoms with E-state index < -0.39 is 0 Å². The predicted molar refractivity (Wildman–Crippen MR) is 196 cm³/mol. The first-order chi connectivity index (χ1) is 22.2. The molecule has 2 fully saturated rings. The molecule has 1 saturated heterocycles. The summed E-state index contributed by atoms with van der Waals surface area (Å²) in [7, 11) is 0. The molecular formula is C40H66FN3O2. The van der Waals surface area contributed by atoms with Crippen LogP contribution in [0.15, 0.2) is 30.3 Å². The maximum atomic E-state index is 13.2. The van der Waals surface area contributed by atoms with Crippen molar-refractivity contribution in [2.24, 2.45) is 11.8 Å². The first-order valence-electron chi connectivity index (χ1n) is 17.8. The molecule has 0 N–H and O–H groups in total. The Labute approximate surface area is 282 Å². The third-order valence-corrected chi connectivity index (χ3v) is 8.27. The number of hydrogen-bond acceptors (Lipinski definition) is 4. The summed E-state index contributed by atoms with van der Waals surface area (Å²) >= 11 is 0. The van der Waals surface area contributed by atoms with Gasteiger partial charge in [-0.2, -0.15) is 5.10 Å². The molecule has 1 atom stereocenters. The molecule has 0 spiro atoms. The normalized spacial score (nSPS) is 15.4. The highest BCUT2D eigenvalue weighted by Gasteiger charge is 2.28. The van der Waals surface area contributed by atoms with Crippen LogP contribution >= 0.6 is 0 Å². The van der Waals surface area contributed by atoms with E-state index in [2.05, 4.69) is 38.5 Å². The number of halogens is 1. The lowest BCUT2D eigenvalue weighted by Crippen LogP contribution is -2.39. The zero-order valence-electron chi connectivity index (χ0n) is 31.0. The third kappa shape index (κ3) is 15.2. The Bertz CT molecular complexity index is 1120. The number of carbonyl (C=O) groups excluding carboxylic acids is 1. The van der Waals surface area contributed by atoms with Crippen molar-refractivity contribution in [2.45, 2.75) is 127 Å². The van der Waals surface area contributed by atoms with Crippen LogP contribution in [0.1, 0.15) is 137 Å². The van der Waals surface area contributed by atoms with E-state index in [0.29, 0.717) is 12.3 Å². The number of aromatic nitrogens is 2. The number of carbonyl (C=O) groups is 1. The smallest absolute Gasteiger partial charge is 0.133 e. The van der Waals surface area contributed by atoms with Crippen molar-refractivity contribution in [1.29, 1.82) is 0 Å². The van der Waals surface area contributed by atoms with Crippen LogP contribution in [-0.2, 0) is 9.53 Å². The molecule has 0 amide bonds. The van der Waals surface area contributed by atoms with Gasteiger partial charge in [-0.3, -0.25) is 9.69 Å². The molecule has 1 unspecified atom stereocenters. The lowest BCUT2D eigenvalue weighted by Gasteiger charge is -2.30. The standard InChI is InChI=1S/C20H23FN2O.C14H29NO.2C2H6.C2H2/c1-13(7-8-14(2)24)19-15(3)23(18-11-9-17(21)10-12-18)22-20(19)16-5-4-6-16;1-4-5-14(7-6-13(2)3)12-15-8-10-16-11-9-15;3*1-2/h7,9-12,16H,4-6,8H2,1-3H3;13-14H,4-12H2,1-3H3;2*1-2H3;1-2H/b13-7-;;;;. The Morgan fingerprint density at radius 2 is 1.61 bits per heavy atom. The second-order valence-corrected chi connectivity index (χ2v) is 12.2. The fourth-order valence-electron chi connectivity index (χ4n) is 5.66. The minimum absolute atomic E-state index is 0.156. The summed E-state index contributed by atoms with van der Waals surface area (Å²) in [4.78, 5) is 13.9. The largest absolute Gasteiger partial charge is 0.379 e. The van der Waals surface area contributed by atoms with Crippen LogP contribution in [-0.4, -0.2) is 53.3 Å². The third-order valence-electron chi connectivity index (χ3n) is 8.27. The summed E-state index contributed by atoms with van der Waals surface area (Å²) < 4.78 is 20.5. The van der Waals surface area contributed by atoms with Crippen LogP contribution in [0, 0.1) is 37.4 Å². The van der Waals surface area contributed by atoms with Crippen molar-refractivity contribution in [3.8, 4) is 18.5 Å². The van der Waals surface area contributed by atoms with E-state index in [0.717, 1.165) is 79.2 Å². The van der Waals surface area contributed by atoms with E-state index in [1.807, 2.05) is 52.3 Å². The van der Waals surface area contributed by atoms with E-state index in [-0.39, 0.29) is 11.6 Å². The van der Waals surface area contributed by atoms with Crippen LogP contribution in [0.25, 0.3) is 11.3 Å². The molecule has 2 heterocycles. The van der Waals surface area contributed by atoms with Gasteiger partial charge in [0.05, 0.1) is 24.6 Å². The first kappa shape index (κ1) is 43.2. The highest BCUT2D eigenvalue weighted by atomic mass is 19.1. The molecule has 2 aromatic rings. The van der Waals surface area contributed by atoms with E-state index in [1.54, 1.807) is 19.1 Å². The maximum Gasteiger partial charge on any atom is 0.133 e. The van der Waals surface area contributed by atoms with Crippen molar-refractivity contribution < 1.29 is 13.9 Å². The van der Waals surface area contributed by atoms with Gasteiger partial charge in [-0.1, -0.05) is 73.8 Å². The Balaban J connectivity index is 0.000000802. The molecule has 1 aromatic heterocycles. The fourth-order valence-corrected chi connectivity index (χ4v) is 5.66. The Morgan fingerprint density at radius 1 is 1.02 bits per heavy atom. The molecule has 4 rings (SSSR count). The van der Waals surface area contributed by atoms with Gasteiger partial charge in [-0.05, 0) is 88.1 Å². The van der Waals surface area contributed by atoms with Gasteiger partial charge in [0.1, 0.15) is 11.6 Å². The second-order valence-electron chi connectivity index (χ2n) is 12.2. The van der Waals surface area contributed by atoms with E-state index in [9.17, 15) is 9.18 Å². The summed E-state index contributed by atoms with van der Waals surface area (Å²) in [6, 6.07) is 6.41. The Morgan fingerprint density at radius 3 is 2.09 bits per heavy atom. The summed E-state index contributed by atoms with van der Waals surface area (Å²) in [5.41, 5.74) is 5.25. The maximum absolute atomic E-state index is 13.2. The number of rotatable bonds is 12. The molecule has 1 aliphatic heterocycles. The summed E-state index contributed by atoms with van der Waals surface area (Å²) in [5, 5.41) is 4.85. The topological polar surface area (TPSA) is 47.4 Å². The number of ether oxygens (including phenoxy) is 1. The molecule has 1 saturated carbocycles. The predicted octanol–water partition coefficient (Wildman–Crippen LogP) is 10.4. The summed E-state index contributed by atoms with van der Waals surface area (Å²) in [6.45, 7) is 26.1. The van der Waals surface area contributed by atoms with Crippen molar-refractivity contribution in [3.63, 3.8) is 0 Å². The fraction of sp³-hybridized carbons (Fsp3) is 0.650. The van der Waals surface area contributed by atoms with Gasteiger partial charge in [0, 0.05) is 43.2 Å². The number of allylic oxidation sites excluding steroid dienone is 2. The van der Waals surface area contributed by atoms with Gasteiger partial charge in [0.15, 0.2) is 0 Å². The Kier molecular flexibility index (Phi) is 23.8. The minimum Gasteiger partial charge on any atom is -0.379 e. The van der Waals surface area contributed by atoms with E-state index in [4.69, 9.17) is 9.84 Å². The lowest BCUT2D eigenvalue weighted by atomic mass is 9.80. The highest BCUT2D eigenvalue weighted by Crippen LogP contribution is 2.40. The zero-order chi connectivity index (χ0) is 35.1. The van der Waals surface area contributed by atoms with E-state index >= 15 is 0 Å². The number of ketones is 1. The molecule has 5 nitrogen and oxygen atoms in total. The van der Waals surface area contributed by atoms with Crippen molar-refractivity contribution >= 4 is 11.4 Å². The number of terminal acetylenes is 1. The van der Waals surface area contributed by atoms with Gasteiger partial charge < -0.3 is 4.74 Å². The molecular weight excluding hydrogens is 573 g/mol. The van der Waals surface area contributed by atoms with Gasteiger partial charge in [-0.25, -0.2) is 9.07 Å². The highest BCUT2D eigenvalue weighted by molar-refractivity contribution is 5.80. The molecule has 260 valence electrons. The van der Waals surface area contributed by atoms with Gasteiger partial charge >= 0.3 is 0 Å². The van der Waals surface area contributed by atoms with Crippen LogP contribution in [0.5, 0.6) is 0 Å². The number of morpholine rings is 1. The number of hydrogen-bond donors (Lipinski definition) is 0. The molecule has 6 heteroatoms. The molecule has 2 aliphatic rings. The molecule has 0 bridgehead atoms. The van der Waals surface area contributed by atoms with Gasteiger partial charge in [-0.15, -0.1) is 12.8 Å². The average Bonchev–Trinajstić information content (AvgIpc) is 3.38. The average molecular weight is 640 g/mol. The summed E-state index contributed by atoms with van der Waals surface area (Å²) in [5.74, 6) is 2.15. The van der Waals surface area contributed by atoms with E-state index in [1.165, 1.54) is 50.8 Å². The SMILES string of the molecule is C#C.CC.CC.CC(=O)C/C=C(/C)c1c(C2CCC2)nn(-c2ccc(F)cc2)c1C.CCCC(CCC(C)C)CN1CCOCC1. The number of benzene rings is 1. The van der Waals surface area contributed by atoms with Gasteiger partial charge in [0.2, 0.25) is 0 Å². The zero-order valence-corrected chi connectivity index (χ0v) is 31.0. The second kappa shape index (κ2) is 25.4. The van der Waals surface area contributed by atoms with Crippen LogP contribution in [0.2, 0.25) is 0 Å². The Hall–Kier alpha value is -2.75. The van der Waals surface area contributed by atoms with Crippen LogP contribution in [0.3, 0.4) is 0 Å². The van der Waals surface area contributed by atoms with Crippen LogP contribution < -0.4 is 0 Å². The lowest BCUT2D eigenvalue weighted by molar-refractivity contribution is -0.116. The van der Waals surface area contributed by atoms with Crippen molar-refractivity contribution in [2.75, 3.05) is 32.8 Å². The quantitative estimate of drug-likeness (QED) is 0.217. The summed E-state index contributed by atoms with van der Waals surface area (Å²) in [6.07, 6.45) is 19.5. The van der Waals surface area contributed by atoms with Gasteiger partial charge in [0.25, 0.3) is 0 Å². The van der Waals surface area contributed by atoms with Crippen molar-refractivity contribution in [1.82, 2.24) is 14.7 Å². The number of nitrogens with zero attached hydrogens (tertiary/aromatic N) is 3. The monoisotopic (exact) mass is 640 g/mol. The number of Topliss-reactive ketones (excluding diaryl/α,β-unsaturated/α-hetero) is 1. The molecule has 46 heavy (non-hydrogen) atoms. The van der Waals surface area contributed by atoms with Crippen LogP contribution in [0.4, 0.5) is 4.39 Å². The molecule has 0 radical (unpaired) electrons. The molecule has 1 aromatic carbocycles.